The third-order valence-corrected chi connectivity index (χ3v) is 4.00. The molecule has 22 heavy (non-hydrogen) atoms. The van der Waals surface area contributed by atoms with Gasteiger partial charge in [0.2, 0.25) is 0 Å². The van der Waals surface area contributed by atoms with Crippen molar-refractivity contribution in [1.29, 1.82) is 0 Å². The fourth-order valence-corrected chi connectivity index (χ4v) is 2.62. The number of hydrogen-bond acceptors (Lipinski definition) is 3. The van der Waals surface area contributed by atoms with Gasteiger partial charge in [-0.3, -0.25) is 13.9 Å². The third-order valence-electron chi connectivity index (χ3n) is 4.00. The number of rotatable bonds is 2. The van der Waals surface area contributed by atoms with Crippen LogP contribution in [0.15, 0.2) is 33.9 Å². The Morgan fingerprint density at radius 1 is 1.00 bits per heavy atom. The molecule has 2 aromatic heterocycles. The van der Waals surface area contributed by atoms with Crippen molar-refractivity contribution in [1.82, 2.24) is 18.7 Å². The van der Waals surface area contributed by atoms with Crippen LogP contribution in [-0.4, -0.2) is 18.7 Å². The smallest absolute Gasteiger partial charge is 0.318 e. The maximum Gasteiger partial charge on any atom is 0.332 e. The molecule has 3 aromatic rings. The lowest BCUT2D eigenvalue weighted by Gasteiger charge is -2.08. The van der Waals surface area contributed by atoms with Gasteiger partial charge in [0, 0.05) is 20.6 Å². The largest absolute Gasteiger partial charge is 0.332 e. The third kappa shape index (κ3) is 2.07. The van der Waals surface area contributed by atoms with Crippen LogP contribution in [0.4, 0.5) is 0 Å². The Morgan fingerprint density at radius 2 is 1.64 bits per heavy atom. The van der Waals surface area contributed by atoms with Crippen LogP contribution in [0.3, 0.4) is 0 Å². The van der Waals surface area contributed by atoms with Crippen LogP contribution in [0.25, 0.3) is 11.2 Å². The summed E-state index contributed by atoms with van der Waals surface area (Å²) in [5.74, 6) is 0.717. The van der Waals surface area contributed by atoms with E-state index in [0.29, 0.717) is 23.5 Å². The highest BCUT2D eigenvalue weighted by Gasteiger charge is 2.17. The molecule has 0 saturated carbocycles. The molecule has 1 aromatic carbocycles. The normalized spacial score (nSPS) is 11.3. The van der Waals surface area contributed by atoms with Gasteiger partial charge in [0.15, 0.2) is 11.2 Å². The van der Waals surface area contributed by atoms with Crippen LogP contribution in [0.2, 0.25) is 0 Å². The maximum atomic E-state index is 12.5. The van der Waals surface area contributed by atoms with Crippen molar-refractivity contribution in [2.45, 2.75) is 20.4 Å². The van der Waals surface area contributed by atoms with E-state index >= 15 is 0 Å². The number of hydrogen-bond donors (Lipinski definition) is 0. The Hall–Kier alpha value is -2.63. The number of fused-ring (bicyclic) bond motifs is 1. The zero-order valence-electron chi connectivity index (χ0n) is 13.1. The van der Waals surface area contributed by atoms with Gasteiger partial charge < -0.3 is 4.57 Å². The van der Waals surface area contributed by atoms with Crippen molar-refractivity contribution >= 4 is 11.2 Å². The molecular weight excluding hydrogens is 280 g/mol. The van der Waals surface area contributed by atoms with Crippen LogP contribution in [-0.2, 0) is 20.6 Å². The van der Waals surface area contributed by atoms with Crippen molar-refractivity contribution in [2.75, 3.05) is 0 Å². The number of benzene rings is 1. The van der Waals surface area contributed by atoms with Crippen LogP contribution >= 0.6 is 0 Å². The number of imidazole rings is 1. The van der Waals surface area contributed by atoms with E-state index in [2.05, 4.69) is 4.98 Å². The van der Waals surface area contributed by atoms with Gasteiger partial charge in [-0.1, -0.05) is 29.8 Å². The Labute approximate surface area is 127 Å². The monoisotopic (exact) mass is 298 g/mol. The second-order valence-electron chi connectivity index (χ2n) is 5.61. The molecule has 0 saturated heterocycles. The summed E-state index contributed by atoms with van der Waals surface area (Å²) in [5, 5.41) is 0. The molecule has 0 atom stereocenters. The summed E-state index contributed by atoms with van der Waals surface area (Å²) in [6, 6.07) is 8.15. The fraction of sp³-hybridized carbons (Fsp3) is 0.312. The summed E-state index contributed by atoms with van der Waals surface area (Å²) < 4.78 is 4.40. The lowest BCUT2D eigenvalue weighted by molar-refractivity contribution is 0.701. The molecule has 3 rings (SSSR count). The molecule has 0 unspecified atom stereocenters. The number of nitrogens with zero attached hydrogens (tertiary/aromatic N) is 4. The fourth-order valence-electron chi connectivity index (χ4n) is 2.62. The molecule has 0 aliphatic rings. The maximum absolute atomic E-state index is 12.5. The molecule has 0 fully saturated rings. The highest BCUT2D eigenvalue weighted by molar-refractivity contribution is 5.71. The van der Waals surface area contributed by atoms with Crippen molar-refractivity contribution in [3.63, 3.8) is 0 Å². The minimum absolute atomic E-state index is 0.314. The molecule has 6 heteroatoms. The minimum atomic E-state index is -0.363. The first-order valence-corrected chi connectivity index (χ1v) is 7.08. The SMILES string of the molecule is Cc1ccc(Cn2c(C)nc3c2c(=O)n(C)c(=O)n3C)cc1. The highest BCUT2D eigenvalue weighted by atomic mass is 16.2. The predicted octanol–water partition coefficient (Wildman–Crippen LogP) is 1.10. The van der Waals surface area contributed by atoms with Gasteiger partial charge in [0.25, 0.3) is 5.56 Å². The Morgan fingerprint density at radius 3 is 2.27 bits per heavy atom. The summed E-state index contributed by atoms with van der Waals surface area (Å²) in [4.78, 5) is 28.9. The molecule has 6 nitrogen and oxygen atoms in total. The summed E-state index contributed by atoms with van der Waals surface area (Å²) in [6.07, 6.45) is 0. The van der Waals surface area contributed by atoms with Gasteiger partial charge in [0.05, 0.1) is 0 Å². The molecule has 2 heterocycles. The summed E-state index contributed by atoms with van der Waals surface area (Å²) in [7, 11) is 3.12. The Bertz CT molecular complexity index is 975. The van der Waals surface area contributed by atoms with Crippen LogP contribution < -0.4 is 11.2 Å². The van der Waals surface area contributed by atoms with Crippen molar-refractivity contribution < 1.29 is 0 Å². The first kappa shape index (κ1) is 14.3. The van der Waals surface area contributed by atoms with Crippen LogP contribution in [0, 0.1) is 13.8 Å². The zero-order valence-corrected chi connectivity index (χ0v) is 13.1. The molecule has 114 valence electrons. The average molecular weight is 298 g/mol. The minimum Gasteiger partial charge on any atom is -0.318 e. The van der Waals surface area contributed by atoms with Gasteiger partial charge >= 0.3 is 5.69 Å². The van der Waals surface area contributed by atoms with Crippen LogP contribution in [0.5, 0.6) is 0 Å². The van der Waals surface area contributed by atoms with Crippen molar-refractivity contribution in [3.8, 4) is 0 Å². The van der Waals surface area contributed by atoms with Gasteiger partial charge in [0.1, 0.15) is 5.82 Å². The van der Waals surface area contributed by atoms with E-state index in [1.807, 2.05) is 42.7 Å². The average Bonchev–Trinajstić information content (AvgIpc) is 2.82. The number of aryl methyl sites for hydroxylation is 3. The van der Waals surface area contributed by atoms with E-state index < -0.39 is 0 Å². The van der Waals surface area contributed by atoms with E-state index in [1.54, 1.807) is 7.05 Å². The number of aromatic nitrogens is 4. The van der Waals surface area contributed by atoms with Crippen molar-refractivity contribution in [2.24, 2.45) is 14.1 Å². The molecule has 0 aliphatic heterocycles. The summed E-state index contributed by atoms with van der Waals surface area (Å²) in [5.41, 5.74) is 2.49. The highest BCUT2D eigenvalue weighted by Crippen LogP contribution is 2.13. The first-order chi connectivity index (χ1) is 10.4. The van der Waals surface area contributed by atoms with Gasteiger partial charge in [-0.05, 0) is 19.4 Å². The van der Waals surface area contributed by atoms with Crippen molar-refractivity contribution in [3.05, 3.63) is 62.1 Å². The molecule has 0 spiro atoms. The Kier molecular flexibility index (Phi) is 3.24. The molecule has 0 radical (unpaired) electrons. The van der Waals surface area contributed by atoms with E-state index in [9.17, 15) is 9.59 Å². The van der Waals surface area contributed by atoms with Gasteiger partial charge in [-0.2, -0.15) is 0 Å². The molecular formula is C16H18N4O2. The molecule has 0 amide bonds. The molecule has 0 N–H and O–H groups in total. The predicted molar refractivity (Wildman–Crippen MR) is 85.2 cm³/mol. The quantitative estimate of drug-likeness (QED) is 0.712. The molecule has 0 bridgehead atoms. The summed E-state index contributed by atoms with van der Waals surface area (Å²) >= 11 is 0. The van der Waals surface area contributed by atoms with E-state index in [-0.39, 0.29) is 11.2 Å². The lowest BCUT2D eigenvalue weighted by atomic mass is 10.1. The van der Waals surface area contributed by atoms with E-state index in [4.69, 9.17) is 0 Å². The van der Waals surface area contributed by atoms with E-state index in [1.165, 1.54) is 17.2 Å². The van der Waals surface area contributed by atoms with Crippen LogP contribution in [0.1, 0.15) is 17.0 Å². The second-order valence-corrected chi connectivity index (χ2v) is 5.61. The van der Waals surface area contributed by atoms with Gasteiger partial charge in [-0.25, -0.2) is 9.78 Å². The van der Waals surface area contributed by atoms with Gasteiger partial charge in [-0.15, -0.1) is 0 Å². The second kappa shape index (κ2) is 4.98. The zero-order chi connectivity index (χ0) is 16.0. The molecule has 0 aliphatic carbocycles. The summed E-state index contributed by atoms with van der Waals surface area (Å²) in [6.45, 7) is 4.43. The standard InChI is InChI=1S/C16H18N4O2/c1-10-5-7-12(8-6-10)9-20-11(2)17-14-13(20)15(21)19(4)16(22)18(14)3/h5-8H,9H2,1-4H3. The Balaban J connectivity index is 2.26. The first-order valence-electron chi connectivity index (χ1n) is 7.08. The topological polar surface area (TPSA) is 61.8 Å². The van der Waals surface area contributed by atoms with E-state index in [0.717, 1.165) is 10.1 Å². The lowest BCUT2D eigenvalue weighted by Crippen LogP contribution is -2.37.